The van der Waals surface area contributed by atoms with Crippen molar-refractivity contribution in [2.24, 2.45) is 5.73 Å². The molecule has 0 aromatic heterocycles. The van der Waals surface area contributed by atoms with Gasteiger partial charge in [-0.25, -0.2) is 4.79 Å². The molecule has 0 spiro atoms. The zero-order chi connectivity index (χ0) is 14.4. The van der Waals surface area contributed by atoms with Crippen LogP contribution in [0.4, 0.5) is 4.79 Å². The number of nitrogens with two attached hydrogens (primary N) is 1. The van der Waals surface area contributed by atoms with Gasteiger partial charge >= 0.3 is 12.0 Å². The highest BCUT2D eigenvalue weighted by Crippen LogP contribution is 2.19. The fourth-order valence-electron chi connectivity index (χ4n) is 2.33. The maximum atomic E-state index is 12.1. The molecule has 0 aromatic carbocycles. The summed E-state index contributed by atoms with van der Waals surface area (Å²) in [5.74, 6) is -1.39. The fourth-order valence-corrected chi connectivity index (χ4v) is 2.33. The molecule has 1 fully saturated rings. The highest BCUT2D eigenvalue weighted by Gasteiger charge is 2.29. The zero-order valence-corrected chi connectivity index (χ0v) is 11.1. The van der Waals surface area contributed by atoms with Gasteiger partial charge in [-0.05, 0) is 26.2 Å². The van der Waals surface area contributed by atoms with E-state index in [1.807, 2.05) is 0 Å². The number of carbonyl (C=O) groups is 3. The van der Waals surface area contributed by atoms with E-state index >= 15 is 0 Å². The summed E-state index contributed by atoms with van der Waals surface area (Å²) in [6, 6.07) is -0.941. The molecule has 1 saturated heterocycles. The van der Waals surface area contributed by atoms with Gasteiger partial charge in [0.05, 0.1) is 6.42 Å². The van der Waals surface area contributed by atoms with Crippen molar-refractivity contribution in [2.75, 3.05) is 6.54 Å². The Morgan fingerprint density at radius 1 is 1.42 bits per heavy atom. The van der Waals surface area contributed by atoms with Crippen molar-refractivity contribution in [2.45, 2.75) is 51.1 Å². The molecule has 0 aromatic rings. The second-order valence-electron chi connectivity index (χ2n) is 4.96. The standard InChI is InChI=1S/C12H21N3O4/c1-8(6-10(13)16)14-12(19)15-5-3-2-4-9(15)7-11(17)18/h8-9H,2-7H2,1H3,(H2,13,16)(H,14,19)(H,17,18). The predicted molar refractivity (Wildman–Crippen MR) is 68.4 cm³/mol. The van der Waals surface area contributed by atoms with Gasteiger partial charge in [-0.15, -0.1) is 0 Å². The number of aliphatic carboxylic acids is 1. The summed E-state index contributed by atoms with van der Waals surface area (Å²) < 4.78 is 0. The number of nitrogens with one attached hydrogen (secondary N) is 1. The van der Waals surface area contributed by atoms with Crippen LogP contribution in [0.2, 0.25) is 0 Å². The van der Waals surface area contributed by atoms with Gasteiger partial charge in [-0.2, -0.15) is 0 Å². The summed E-state index contributed by atoms with van der Waals surface area (Å²) in [5, 5.41) is 11.5. The van der Waals surface area contributed by atoms with E-state index in [0.717, 1.165) is 12.8 Å². The summed E-state index contributed by atoms with van der Waals surface area (Å²) in [4.78, 5) is 35.1. The van der Waals surface area contributed by atoms with Crippen LogP contribution >= 0.6 is 0 Å². The smallest absolute Gasteiger partial charge is 0.317 e. The Morgan fingerprint density at radius 3 is 2.68 bits per heavy atom. The molecule has 108 valence electrons. The van der Waals surface area contributed by atoms with Gasteiger partial charge in [0.2, 0.25) is 5.91 Å². The first-order valence-corrected chi connectivity index (χ1v) is 6.47. The molecule has 0 saturated carbocycles. The van der Waals surface area contributed by atoms with Crippen molar-refractivity contribution in [1.29, 1.82) is 0 Å². The van der Waals surface area contributed by atoms with Crippen molar-refractivity contribution in [1.82, 2.24) is 10.2 Å². The Morgan fingerprint density at radius 2 is 2.11 bits per heavy atom. The molecular formula is C12H21N3O4. The van der Waals surface area contributed by atoms with Gasteiger partial charge in [0.25, 0.3) is 0 Å². The SMILES string of the molecule is CC(CC(N)=O)NC(=O)N1CCCCC1CC(=O)O. The average molecular weight is 271 g/mol. The Bertz CT molecular complexity index is 359. The largest absolute Gasteiger partial charge is 0.481 e. The average Bonchev–Trinajstić information content (AvgIpc) is 2.27. The minimum atomic E-state index is -0.908. The van der Waals surface area contributed by atoms with E-state index in [0.29, 0.717) is 13.0 Å². The molecule has 7 heteroatoms. The number of likely N-dealkylation sites (tertiary alicyclic amines) is 1. The number of primary amides is 1. The van der Waals surface area contributed by atoms with E-state index in [2.05, 4.69) is 5.32 Å². The second kappa shape index (κ2) is 6.96. The van der Waals surface area contributed by atoms with Crippen LogP contribution in [-0.2, 0) is 9.59 Å². The van der Waals surface area contributed by atoms with Crippen LogP contribution in [0.3, 0.4) is 0 Å². The summed E-state index contributed by atoms with van der Waals surface area (Å²) in [6.45, 7) is 2.24. The number of urea groups is 1. The van der Waals surface area contributed by atoms with E-state index in [1.54, 1.807) is 11.8 Å². The maximum Gasteiger partial charge on any atom is 0.317 e. The van der Waals surface area contributed by atoms with E-state index in [9.17, 15) is 14.4 Å². The Kier molecular flexibility index (Phi) is 5.59. The van der Waals surface area contributed by atoms with E-state index < -0.39 is 11.9 Å². The fraction of sp³-hybridized carbons (Fsp3) is 0.750. The van der Waals surface area contributed by atoms with Crippen LogP contribution < -0.4 is 11.1 Å². The van der Waals surface area contributed by atoms with Gasteiger partial charge in [0, 0.05) is 25.0 Å². The number of nitrogens with zero attached hydrogens (tertiary/aromatic N) is 1. The Labute approximate surface area is 112 Å². The highest BCUT2D eigenvalue weighted by molar-refractivity contribution is 5.78. The van der Waals surface area contributed by atoms with Crippen LogP contribution in [0, 0.1) is 0 Å². The third-order valence-electron chi connectivity index (χ3n) is 3.18. The molecule has 0 radical (unpaired) electrons. The molecular weight excluding hydrogens is 250 g/mol. The first-order chi connectivity index (χ1) is 8.90. The van der Waals surface area contributed by atoms with E-state index in [-0.39, 0.29) is 31.0 Å². The molecule has 7 nitrogen and oxygen atoms in total. The first kappa shape index (κ1) is 15.3. The quantitative estimate of drug-likeness (QED) is 0.667. The summed E-state index contributed by atoms with van der Waals surface area (Å²) in [6.07, 6.45) is 2.52. The normalized spacial score (nSPS) is 20.7. The monoisotopic (exact) mass is 271 g/mol. The van der Waals surface area contributed by atoms with Gasteiger partial charge in [0.1, 0.15) is 0 Å². The Balaban J connectivity index is 2.56. The highest BCUT2D eigenvalue weighted by atomic mass is 16.4. The maximum absolute atomic E-state index is 12.1. The molecule has 1 aliphatic rings. The number of piperidine rings is 1. The first-order valence-electron chi connectivity index (χ1n) is 6.47. The molecule has 3 amide bonds. The van der Waals surface area contributed by atoms with E-state index in [4.69, 9.17) is 10.8 Å². The number of carboxylic acid groups (broad SMARTS) is 1. The van der Waals surface area contributed by atoms with Crippen LogP contribution in [-0.4, -0.2) is 46.5 Å². The Hall–Kier alpha value is -1.79. The summed E-state index contributed by atoms with van der Waals surface area (Å²) >= 11 is 0. The van der Waals surface area contributed by atoms with Gasteiger partial charge in [-0.1, -0.05) is 0 Å². The van der Waals surface area contributed by atoms with Gasteiger partial charge < -0.3 is 21.1 Å². The molecule has 1 heterocycles. The summed E-state index contributed by atoms with van der Waals surface area (Å²) in [7, 11) is 0. The number of rotatable bonds is 5. The third-order valence-corrected chi connectivity index (χ3v) is 3.18. The van der Waals surface area contributed by atoms with E-state index in [1.165, 1.54) is 0 Å². The van der Waals surface area contributed by atoms with Crippen LogP contribution in [0.1, 0.15) is 39.0 Å². The second-order valence-corrected chi connectivity index (χ2v) is 4.96. The number of amides is 3. The number of hydrogen-bond donors (Lipinski definition) is 3. The number of carboxylic acids is 1. The lowest BCUT2D eigenvalue weighted by Crippen LogP contribution is -2.51. The lowest BCUT2D eigenvalue weighted by atomic mass is 10.00. The molecule has 1 rings (SSSR count). The predicted octanol–water partition coefficient (Wildman–Crippen LogP) is 0.289. The molecule has 1 aliphatic heterocycles. The lowest BCUT2D eigenvalue weighted by Gasteiger charge is -2.35. The van der Waals surface area contributed by atoms with Crippen LogP contribution in [0.5, 0.6) is 0 Å². The number of hydrogen-bond acceptors (Lipinski definition) is 3. The van der Waals surface area contributed by atoms with Crippen molar-refractivity contribution < 1.29 is 19.5 Å². The molecule has 2 unspecified atom stereocenters. The molecule has 19 heavy (non-hydrogen) atoms. The minimum absolute atomic E-state index is 0.0440. The molecule has 2 atom stereocenters. The lowest BCUT2D eigenvalue weighted by molar-refractivity contribution is -0.138. The molecule has 0 bridgehead atoms. The number of carbonyl (C=O) groups excluding carboxylic acids is 2. The molecule has 0 aliphatic carbocycles. The van der Waals surface area contributed by atoms with Gasteiger partial charge in [-0.3, -0.25) is 9.59 Å². The van der Waals surface area contributed by atoms with Crippen LogP contribution in [0.15, 0.2) is 0 Å². The van der Waals surface area contributed by atoms with Crippen molar-refractivity contribution in [3.05, 3.63) is 0 Å². The van der Waals surface area contributed by atoms with Crippen molar-refractivity contribution in [3.8, 4) is 0 Å². The van der Waals surface area contributed by atoms with Gasteiger partial charge in [0.15, 0.2) is 0 Å². The molecule has 4 N–H and O–H groups in total. The minimum Gasteiger partial charge on any atom is -0.481 e. The van der Waals surface area contributed by atoms with Crippen LogP contribution in [0.25, 0.3) is 0 Å². The van der Waals surface area contributed by atoms with Crippen molar-refractivity contribution >= 4 is 17.9 Å². The zero-order valence-electron chi connectivity index (χ0n) is 11.1. The van der Waals surface area contributed by atoms with Crippen molar-refractivity contribution in [3.63, 3.8) is 0 Å². The topological polar surface area (TPSA) is 113 Å². The third kappa shape index (κ3) is 5.15. The summed E-state index contributed by atoms with van der Waals surface area (Å²) in [5.41, 5.74) is 5.06.